The first-order valence-electron chi connectivity index (χ1n) is 11.8. The van der Waals surface area contributed by atoms with Gasteiger partial charge in [-0.15, -0.1) is 11.3 Å². The lowest BCUT2D eigenvalue weighted by Crippen LogP contribution is -2.37. The minimum Gasteiger partial charge on any atom is -0.333 e. The number of rotatable bonds is 4. The van der Waals surface area contributed by atoms with E-state index in [1.54, 1.807) is 17.0 Å². The minimum atomic E-state index is -4.79. The number of aryl methyl sites for hydroxylation is 1. The predicted octanol–water partition coefficient (Wildman–Crippen LogP) is 4.96. The molecular weight excluding hydrogens is 506 g/mol. The van der Waals surface area contributed by atoms with Crippen molar-refractivity contribution in [1.29, 1.82) is 5.26 Å². The molecule has 0 unspecified atom stereocenters. The third kappa shape index (κ3) is 4.91. The fraction of sp³-hybridized carbons (Fsp3) is 0.346. The molecule has 0 spiro atoms. The molecule has 5 rings (SSSR count). The molecule has 6 nitrogen and oxygen atoms in total. The van der Waals surface area contributed by atoms with Gasteiger partial charge in [-0.3, -0.25) is 9.48 Å². The molecule has 2 aliphatic heterocycles. The number of carbonyl (C=O) groups is 1. The number of alkyl halides is 3. The van der Waals surface area contributed by atoms with Crippen LogP contribution in [0, 0.1) is 17.1 Å². The number of carbonyl (C=O) groups excluding carboxylic acids is 1. The van der Waals surface area contributed by atoms with Gasteiger partial charge in [0.15, 0.2) is 5.69 Å². The third-order valence-electron chi connectivity index (χ3n) is 6.73. The van der Waals surface area contributed by atoms with Crippen molar-refractivity contribution < 1.29 is 22.4 Å². The lowest BCUT2D eigenvalue weighted by atomic mass is 9.83. The summed E-state index contributed by atoms with van der Waals surface area (Å²) in [6.45, 7) is 1.29. The molecule has 11 heteroatoms. The standard InChI is InChI=1S/C26H23F4N5OS/c1-34-12-20(25(33-34)26(28,29)30)24-17(5-2-6-21(24)27)19-13-35(14-22-18(19)10-16(11-31)37-22)23(36)8-7-15-4-3-9-32-15/h2,5-8,10,12,15,19,32H,3-4,9,13-14H2,1H3/b8-7+/t15-,19-/m0/s1. The van der Waals surface area contributed by atoms with Gasteiger partial charge in [0.2, 0.25) is 5.91 Å². The minimum absolute atomic E-state index is 0.119. The molecule has 1 amide bonds. The quantitative estimate of drug-likeness (QED) is 0.383. The van der Waals surface area contributed by atoms with Crippen molar-refractivity contribution in [3.63, 3.8) is 0 Å². The molecule has 4 heterocycles. The number of hydrogen-bond donors (Lipinski definition) is 1. The molecule has 0 aliphatic carbocycles. The normalized spacial score (nSPS) is 19.8. The maximum Gasteiger partial charge on any atom is 0.435 e. The second kappa shape index (κ2) is 9.76. The van der Waals surface area contributed by atoms with E-state index in [0.717, 1.165) is 46.8 Å². The monoisotopic (exact) mass is 529 g/mol. The summed E-state index contributed by atoms with van der Waals surface area (Å²) in [5, 5.41) is 16.3. The topological polar surface area (TPSA) is 74.0 Å². The Morgan fingerprint density at radius 3 is 2.84 bits per heavy atom. The highest BCUT2D eigenvalue weighted by Crippen LogP contribution is 2.45. The zero-order chi connectivity index (χ0) is 26.3. The summed E-state index contributed by atoms with van der Waals surface area (Å²) in [5.74, 6) is -1.69. The number of nitrogens with zero attached hydrogens (tertiary/aromatic N) is 4. The third-order valence-corrected chi connectivity index (χ3v) is 7.77. The summed E-state index contributed by atoms with van der Waals surface area (Å²) in [7, 11) is 1.35. The second-order valence-corrected chi connectivity index (χ2v) is 10.3. The fourth-order valence-corrected chi connectivity index (χ4v) is 6.12. The molecular formula is C26H23F4N5OS. The summed E-state index contributed by atoms with van der Waals surface area (Å²) < 4.78 is 57.8. The average molecular weight is 530 g/mol. The Morgan fingerprint density at radius 1 is 1.32 bits per heavy atom. The van der Waals surface area contributed by atoms with Gasteiger partial charge in [-0.2, -0.15) is 23.5 Å². The highest BCUT2D eigenvalue weighted by atomic mass is 32.1. The number of hydrogen-bond acceptors (Lipinski definition) is 5. The first-order chi connectivity index (χ1) is 17.7. The van der Waals surface area contributed by atoms with Crippen LogP contribution < -0.4 is 5.32 Å². The molecule has 1 aromatic carbocycles. The number of amides is 1. The summed E-state index contributed by atoms with van der Waals surface area (Å²) in [6, 6.07) is 8.06. The van der Waals surface area contributed by atoms with Gasteiger partial charge in [0, 0.05) is 53.8 Å². The van der Waals surface area contributed by atoms with E-state index in [1.807, 2.05) is 6.08 Å². The van der Waals surface area contributed by atoms with Gasteiger partial charge >= 0.3 is 6.18 Å². The van der Waals surface area contributed by atoms with Crippen molar-refractivity contribution in [3.8, 4) is 17.2 Å². The maximum absolute atomic E-state index is 15.3. The SMILES string of the molecule is Cn1cc(-c2c(F)cccc2[C@@H]2CN(C(=O)/C=C/[C@@H]3CCCN3)Cc3sc(C#N)cc32)c(C(F)(F)F)n1. The number of benzene rings is 1. The summed E-state index contributed by atoms with van der Waals surface area (Å²) >= 11 is 1.23. The van der Waals surface area contributed by atoms with Crippen molar-refractivity contribution in [1.82, 2.24) is 20.0 Å². The van der Waals surface area contributed by atoms with E-state index in [0.29, 0.717) is 10.4 Å². The Bertz CT molecular complexity index is 1410. The molecule has 3 aromatic rings. The largest absolute Gasteiger partial charge is 0.435 e. The van der Waals surface area contributed by atoms with Crippen molar-refractivity contribution in [2.75, 3.05) is 13.1 Å². The number of halogens is 4. The van der Waals surface area contributed by atoms with E-state index in [4.69, 9.17) is 0 Å². The van der Waals surface area contributed by atoms with Gasteiger partial charge in [-0.05, 0) is 42.6 Å². The molecule has 2 aliphatic rings. The number of aromatic nitrogens is 2. The van der Waals surface area contributed by atoms with Crippen LogP contribution >= 0.6 is 11.3 Å². The van der Waals surface area contributed by atoms with Gasteiger partial charge in [-0.1, -0.05) is 18.2 Å². The van der Waals surface area contributed by atoms with Gasteiger partial charge in [0.25, 0.3) is 0 Å². The average Bonchev–Trinajstić information content (AvgIpc) is 3.60. The number of nitriles is 1. The van der Waals surface area contributed by atoms with E-state index in [2.05, 4.69) is 16.5 Å². The van der Waals surface area contributed by atoms with Crippen LogP contribution in [0.1, 0.15) is 45.3 Å². The molecule has 1 saturated heterocycles. The Hall–Kier alpha value is -3.49. The first-order valence-corrected chi connectivity index (χ1v) is 12.6. The smallest absolute Gasteiger partial charge is 0.333 e. The molecule has 192 valence electrons. The molecule has 1 fully saturated rings. The van der Waals surface area contributed by atoms with Gasteiger partial charge < -0.3 is 10.2 Å². The van der Waals surface area contributed by atoms with Gasteiger partial charge in [-0.25, -0.2) is 4.39 Å². The van der Waals surface area contributed by atoms with Gasteiger partial charge in [0.05, 0.1) is 6.54 Å². The Morgan fingerprint density at radius 2 is 2.14 bits per heavy atom. The lowest BCUT2D eigenvalue weighted by molar-refractivity contribution is -0.141. The first kappa shape index (κ1) is 25.2. The van der Waals surface area contributed by atoms with Crippen LogP contribution in [-0.2, 0) is 24.6 Å². The van der Waals surface area contributed by atoms with E-state index in [1.165, 1.54) is 30.5 Å². The number of fused-ring (bicyclic) bond motifs is 1. The number of thiophene rings is 1. The maximum atomic E-state index is 15.3. The summed E-state index contributed by atoms with van der Waals surface area (Å²) in [6.07, 6.45) is 1.68. The van der Waals surface area contributed by atoms with Crippen molar-refractivity contribution in [2.24, 2.45) is 7.05 Å². The predicted molar refractivity (Wildman–Crippen MR) is 130 cm³/mol. The highest BCUT2D eigenvalue weighted by Gasteiger charge is 2.40. The van der Waals surface area contributed by atoms with E-state index >= 15 is 4.39 Å². The Kier molecular flexibility index (Phi) is 6.64. The van der Waals surface area contributed by atoms with Crippen LogP contribution in [0.15, 0.2) is 42.6 Å². The summed E-state index contributed by atoms with van der Waals surface area (Å²) in [5.41, 5.74) is -0.725. The molecule has 0 bridgehead atoms. The van der Waals surface area contributed by atoms with Crippen LogP contribution in [0.4, 0.5) is 17.6 Å². The zero-order valence-electron chi connectivity index (χ0n) is 19.8. The highest BCUT2D eigenvalue weighted by molar-refractivity contribution is 7.12. The molecule has 37 heavy (non-hydrogen) atoms. The van der Waals surface area contributed by atoms with E-state index in [-0.39, 0.29) is 36.2 Å². The van der Waals surface area contributed by atoms with Crippen LogP contribution in [0.25, 0.3) is 11.1 Å². The summed E-state index contributed by atoms with van der Waals surface area (Å²) in [4.78, 5) is 15.9. The van der Waals surface area contributed by atoms with Crippen molar-refractivity contribution in [3.05, 3.63) is 75.0 Å². The van der Waals surface area contributed by atoms with E-state index < -0.39 is 23.6 Å². The zero-order valence-corrected chi connectivity index (χ0v) is 20.7. The molecule has 0 saturated carbocycles. The molecule has 1 N–H and O–H groups in total. The van der Waals surface area contributed by atoms with Crippen molar-refractivity contribution in [2.45, 2.75) is 37.5 Å². The molecule has 0 radical (unpaired) electrons. The van der Waals surface area contributed by atoms with Crippen molar-refractivity contribution >= 4 is 17.2 Å². The number of nitrogens with one attached hydrogen (secondary N) is 1. The van der Waals surface area contributed by atoms with Crippen LogP contribution in [0.2, 0.25) is 0 Å². The van der Waals surface area contributed by atoms with Crippen LogP contribution in [0.3, 0.4) is 0 Å². The lowest BCUT2D eigenvalue weighted by Gasteiger charge is -2.33. The fourth-order valence-electron chi connectivity index (χ4n) is 5.08. The van der Waals surface area contributed by atoms with Crippen LogP contribution in [0.5, 0.6) is 0 Å². The Balaban J connectivity index is 1.60. The Labute approximate surface area is 214 Å². The van der Waals surface area contributed by atoms with Gasteiger partial charge in [0.1, 0.15) is 16.8 Å². The molecule has 2 atom stereocenters. The second-order valence-electron chi connectivity index (χ2n) is 9.20. The van der Waals surface area contributed by atoms with E-state index in [9.17, 15) is 23.2 Å². The van der Waals surface area contributed by atoms with Crippen LogP contribution in [-0.4, -0.2) is 39.7 Å². The molecule has 2 aromatic heterocycles.